The Labute approximate surface area is 261 Å². The molecule has 0 bridgehead atoms. The van der Waals surface area contributed by atoms with Gasteiger partial charge in [-0.3, -0.25) is 4.55 Å². The Hall–Kier alpha value is -2.26. The summed E-state index contributed by atoms with van der Waals surface area (Å²) in [5.74, 6) is -136. The van der Waals surface area contributed by atoms with Crippen molar-refractivity contribution in [2.75, 3.05) is 5.75 Å². The monoisotopic (exact) mass is 878 g/mol. The fraction of sp³-hybridized carbons (Fsp3) is 1.00. The molecular weight excluding hydrogens is 873 g/mol. The van der Waals surface area contributed by atoms with Crippen molar-refractivity contribution in [2.24, 2.45) is 0 Å². The van der Waals surface area contributed by atoms with E-state index in [1.807, 2.05) is 0 Å². The van der Waals surface area contributed by atoms with Gasteiger partial charge in [0, 0.05) is 6.42 Å². The first-order chi connectivity index (χ1) is 21.7. The molecule has 35 heteroatoms. The van der Waals surface area contributed by atoms with Gasteiger partial charge in [-0.05, 0) is 0 Å². The zero-order valence-corrected chi connectivity index (χ0v) is 23.1. The molecule has 0 aliphatic heterocycles. The molecule has 0 saturated carbocycles. The van der Waals surface area contributed by atoms with E-state index in [0.29, 0.717) is 0 Å². The molecule has 0 unspecified atom stereocenters. The molecule has 0 aliphatic rings. The Morgan fingerprint density at radius 3 is 0.596 bits per heavy atom. The molecule has 314 valence electrons. The Morgan fingerprint density at radius 1 is 0.288 bits per heavy atom. The molecule has 0 heterocycles. The van der Waals surface area contributed by atoms with Crippen LogP contribution in [0, 0.1) is 0 Å². The Kier molecular flexibility index (Phi) is 11.6. The molecule has 0 spiro atoms. The highest BCUT2D eigenvalue weighted by molar-refractivity contribution is 7.85. The van der Waals surface area contributed by atoms with Gasteiger partial charge in [0.1, 0.15) is 0 Å². The first-order valence-electron chi connectivity index (χ1n) is 11.0. The third-order valence-corrected chi connectivity index (χ3v) is 6.94. The minimum atomic E-state index is -10.1. The van der Waals surface area contributed by atoms with Crippen molar-refractivity contribution in [3.63, 3.8) is 0 Å². The summed E-state index contributed by atoms with van der Waals surface area (Å²) >= 11 is 0. The van der Waals surface area contributed by atoms with Gasteiger partial charge in [-0.1, -0.05) is 0 Å². The van der Waals surface area contributed by atoms with Gasteiger partial charge < -0.3 is 0 Å². The maximum atomic E-state index is 13.8. The first-order valence-corrected chi connectivity index (χ1v) is 12.6. The van der Waals surface area contributed by atoms with Gasteiger partial charge in [-0.25, -0.2) is 0 Å². The van der Waals surface area contributed by atoms with E-state index >= 15 is 0 Å². The molecule has 1 N–H and O–H groups in total. The van der Waals surface area contributed by atoms with Crippen molar-refractivity contribution < 1.29 is 149 Å². The minimum absolute atomic E-state index is 3.00. The second kappa shape index (κ2) is 12.1. The van der Waals surface area contributed by atoms with E-state index in [-0.39, 0.29) is 0 Å². The molecular formula is C17H5F31O3S. The van der Waals surface area contributed by atoms with Gasteiger partial charge in [-0.15, -0.1) is 0 Å². The second-order valence-corrected chi connectivity index (χ2v) is 11.3. The average Bonchev–Trinajstić information content (AvgIpc) is 2.89. The highest BCUT2D eigenvalue weighted by Gasteiger charge is 3.01. The van der Waals surface area contributed by atoms with E-state index in [2.05, 4.69) is 0 Å². The topological polar surface area (TPSA) is 54.4 Å². The summed E-state index contributed by atoms with van der Waals surface area (Å²) in [6.45, 7) is 0. The van der Waals surface area contributed by atoms with Crippen molar-refractivity contribution in [3.05, 3.63) is 0 Å². The lowest BCUT2D eigenvalue weighted by molar-refractivity contribution is -0.489. The fourth-order valence-electron chi connectivity index (χ4n) is 2.99. The van der Waals surface area contributed by atoms with Crippen LogP contribution in [-0.4, -0.2) is 108 Å². The Balaban J connectivity index is 7.61. The third-order valence-electron chi connectivity index (χ3n) is 6.22. The van der Waals surface area contributed by atoms with Crippen molar-refractivity contribution in [2.45, 2.75) is 95.5 Å². The number of alkyl halides is 31. The van der Waals surface area contributed by atoms with Crippen molar-refractivity contribution in [1.82, 2.24) is 0 Å². The zero-order chi connectivity index (χ0) is 43.4. The normalized spacial score (nSPS) is 17.2. The van der Waals surface area contributed by atoms with Crippen molar-refractivity contribution in [1.29, 1.82) is 0 Å². The van der Waals surface area contributed by atoms with Crippen LogP contribution in [0.1, 0.15) is 6.42 Å². The maximum absolute atomic E-state index is 13.8. The van der Waals surface area contributed by atoms with E-state index in [1.54, 1.807) is 0 Å². The smallest absolute Gasteiger partial charge is 0.286 e. The lowest BCUT2D eigenvalue weighted by Gasteiger charge is -2.46. The Morgan fingerprint density at radius 2 is 0.442 bits per heavy atom. The SMILES string of the molecule is O=S(=O)(O)CCC(F)(F)C(F)(F)C(F)(F)C(F)(F)C(F)(F)C(F)(F)C(F)(F)C(F)(F)C(F)(F)C(F)(F)C(F)(F)C(F)(F)C(F)(F)C(F)(F)C(F)(F)F. The molecule has 0 aromatic heterocycles. The summed E-state index contributed by atoms with van der Waals surface area (Å²) in [4.78, 5) is 0. The molecule has 0 radical (unpaired) electrons. The predicted octanol–water partition coefficient (Wildman–Crippen LogP) is 9.72. The van der Waals surface area contributed by atoms with Gasteiger partial charge in [0.15, 0.2) is 0 Å². The van der Waals surface area contributed by atoms with Crippen LogP contribution in [0.4, 0.5) is 136 Å². The number of hydrogen-bond donors (Lipinski definition) is 1. The number of hydrogen-bond acceptors (Lipinski definition) is 2. The van der Waals surface area contributed by atoms with Crippen LogP contribution in [0.15, 0.2) is 0 Å². The van der Waals surface area contributed by atoms with Gasteiger partial charge in [0.05, 0.1) is 5.75 Å². The van der Waals surface area contributed by atoms with Crippen LogP contribution in [-0.2, 0) is 10.1 Å². The third kappa shape index (κ3) is 6.10. The molecule has 0 rings (SSSR count). The van der Waals surface area contributed by atoms with E-state index < -0.39 is 111 Å². The van der Waals surface area contributed by atoms with Crippen molar-refractivity contribution >= 4 is 10.1 Å². The molecule has 0 aromatic carbocycles. The van der Waals surface area contributed by atoms with Crippen LogP contribution in [0.25, 0.3) is 0 Å². The van der Waals surface area contributed by atoms with E-state index in [0.717, 1.165) is 0 Å². The molecule has 52 heavy (non-hydrogen) atoms. The lowest BCUT2D eigenvalue weighted by atomic mass is 9.83. The van der Waals surface area contributed by atoms with Gasteiger partial charge in [-0.2, -0.15) is 145 Å². The second-order valence-electron chi connectivity index (χ2n) is 9.71. The largest absolute Gasteiger partial charge is 0.460 e. The van der Waals surface area contributed by atoms with E-state index in [1.165, 1.54) is 0 Å². The molecule has 0 aliphatic carbocycles. The summed E-state index contributed by atoms with van der Waals surface area (Å²) in [7, 11) is -6.11. The summed E-state index contributed by atoms with van der Waals surface area (Å²) in [6.07, 6.45) is -12.0. The van der Waals surface area contributed by atoms with Crippen molar-refractivity contribution in [3.8, 4) is 0 Å². The summed E-state index contributed by atoms with van der Waals surface area (Å²) in [5, 5.41) is 0. The fourth-order valence-corrected chi connectivity index (χ4v) is 3.51. The van der Waals surface area contributed by atoms with E-state index in [9.17, 15) is 145 Å². The standard InChI is InChI=1S/C17H5F31O3S/c18-3(19,1-2-52(49,50)51)4(20,21)5(22,23)6(24,25)7(26,27)8(28,29)9(30,31)10(32,33)11(34,35)12(36,37)13(38,39)14(40,41)15(42,43)16(44,45)17(46,47)48/h1-2H2,(H,49,50,51). The quantitative estimate of drug-likeness (QED) is 0.124. The lowest BCUT2D eigenvalue weighted by Crippen LogP contribution is -2.79. The molecule has 3 nitrogen and oxygen atoms in total. The van der Waals surface area contributed by atoms with Crippen LogP contribution < -0.4 is 0 Å². The van der Waals surface area contributed by atoms with Crippen LogP contribution >= 0.6 is 0 Å². The maximum Gasteiger partial charge on any atom is 0.460 e. The first kappa shape index (κ1) is 49.7. The summed E-state index contributed by atoms with van der Waals surface area (Å²) in [5.41, 5.74) is 0. The van der Waals surface area contributed by atoms with Crippen LogP contribution in [0.3, 0.4) is 0 Å². The molecule has 0 fully saturated rings. The minimum Gasteiger partial charge on any atom is -0.286 e. The average molecular weight is 878 g/mol. The summed E-state index contributed by atoms with van der Waals surface area (Å²) in [6, 6.07) is 0. The van der Waals surface area contributed by atoms with Gasteiger partial charge in [0.2, 0.25) is 0 Å². The molecule has 0 aromatic rings. The zero-order valence-electron chi connectivity index (χ0n) is 22.3. The van der Waals surface area contributed by atoms with Crippen LogP contribution in [0.5, 0.6) is 0 Å². The van der Waals surface area contributed by atoms with E-state index in [4.69, 9.17) is 4.55 Å². The molecule has 0 amide bonds. The highest BCUT2D eigenvalue weighted by Crippen LogP contribution is 2.69. The van der Waals surface area contributed by atoms with Gasteiger partial charge in [0.25, 0.3) is 10.1 Å². The van der Waals surface area contributed by atoms with Crippen LogP contribution in [0.2, 0.25) is 0 Å². The van der Waals surface area contributed by atoms with Gasteiger partial charge >= 0.3 is 89.1 Å². The molecule has 0 atom stereocenters. The number of rotatable bonds is 16. The predicted molar refractivity (Wildman–Crippen MR) is 96.3 cm³/mol. The molecule has 0 saturated heterocycles. The summed E-state index contributed by atoms with van der Waals surface area (Å²) < 4.78 is 445. The Bertz CT molecular complexity index is 1420. The highest BCUT2D eigenvalue weighted by atomic mass is 32.2. The number of halogens is 31.